The van der Waals surface area contributed by atoms with E-state index in [1.54, 1.807) is 46.7 Å². The normalized spacial score (nSPS) is 13.9. The Morgan fingerprint density at radius 2 is 1.91 bits per heavy atom. The van der Waals surface area contributed by atoms with E-state index in [1.807, 2.05) is 0 Å². The number of thiophene rings is 1. The molecule has 0 unspecified atom stereocenters. The fraction of sp³-hybridized carbons (Fsp3) is 0.188. The third-order valence-electron chi connectivity index (χ3n) is 3.53. The van der Waals surface area contributed by atoms with Crippen LogP contribution in [0.15, 0.2) is 41.8 Å². The molecule has 118 valence electrons. The van der Waals surface area contributed by atoms with Gasteiger partial charge in [0, 0.05) is 24.2 Å². The molecule has 0 aliphatic carbocycles. The Hall–Kier alpha value is -2.67. The van der Waals surface area contributed by atoms with Crippen LogP contribution in [0.1, 0.15) is 32.9 Å². The van der Waals surface area contributed by atoms with Crippen LogP contribution < -0.4 is 15.8 Å². The van der Waals surface area contributed by atoms with Crippen molar-refractivity contribution in [1.29, 1.82) is 0 Å². The van der Waals surface area contributed by atoms with Crippen LogP contribution in [0.2, 0.25) is 0 Å². The quantitative estimate of drug-likeness (QED) is 0.845. The Balaban J connectivity index is 1.65. The zero-order valence-corrected chi connectivity index (χ0v) is 13.1. The number of hydrazine groups is 1. The van der Waals surface area contributed by atoms with Gasteiger partial charge < -0.3 is 4.90 Å². The Morgan fingerprint density at radius 3 is 2.61 bits per heavy atom. The Bertz CT molecular complexity index is 743. The lowest BCUT2D eigenvalue weighted by Gasteiger charge is -2.16. The summed E-state index contributed by atoms with van der Waals surface area (Å²) >= 11 is 1.29. The van der Waals surface area contributed by atoms with Crippen LogP contribution in [0.25, 0.3) is 0 Å². The fourth-order valence-electron chi connectivity index (χ4n) is 2.39. The van der Waals surface area contributed by atoms with Crippen molar-refractivity contribution in [3.05, 3.63) is 52.2 Å². The van der Waals surface area contributed by atoms with E-state index in [9.17, 15) is 14.4 Å². The predicted molar refractivity (Wildman–Crippen MR) is 87.3 cm³/mol. The third kappa shape index (κ3) is 3.40. The maximum absolute atomic E-state index is 12.1. The number of benzene rings is 1. The third-order valence-corrected chi connectivity index (χ3v) is 4.40. The van der Waals surface area contributed by atoms with E-state index >= 15 is 0 Å². The van der Waals surface area contributed by atoms with E-state index in [0.29, 0.717) is 29.1 Å². The molecule has 7 heteroatoms. The summed E-state index contributed by atoms with van der Waals surface area (Å²) in [5.74, 6) is -0.726. The Kier molecular flexibility index (Phi) is 4.38. The lowest BCUT2D eigenvalue weighted by molar-refractivity contribution is -0.117. The molecule has 2 N–H and O–H groups in total. The highest BCUT2D eigenvalue weighted by molar-refractivity contribution is 7.12. The van der Waals surface area contributed by atoms with Crippen molar-refractivity contribution in [2.24, 2.45) is 0 Å². The van der Waals surface area contributed by atoms with Gasteiger partial charge in [-0.1, -0.05) is 12.1 Å². The number of nitrogens with one attached hydrogen (secondary N) is 2. The summed E-state index contributed by atoms with van der Waals surface area (Å²) in [6, 6.07) is 10.2. The van der Waals surface area contributed by atoms with E-state index < -0.39 is 5.91 Å². The first kappa shape index (κ1) is 15.2. The molecule has 0 spiro atoms. The van der Waals surface area contributed by atoms with E-state index in [-0.39, 0.29) is 11.8 Å². The molecule has 23 heavy (non-hydrogen) atoms. The number of hydrogen-bond donors (Lipinski definition) is 2. The number of carbonyl (C=O) groups excluding carboxylic acids is 3. The van der Waals surface area contributed by atoms with Crippen LogP contribution in [0.3, 0.4) is 0 Å². The molecule has 3 amide bonds. The maximum atomic E-state index is 12.1. The van der Waals surface area contributed by atoms with Gasteiger partial charge in [0.05, 0.1) is 4.88 Å². The molecule has 1 aromatic carbocycles. The summed E-state index contributed by atoms with van der Waals surface area (Å²) in [7, 11) is 0. The van der Waals surface area contributed by atoms with Crippen LogP contribution in [-0.4, -0.2) is 24.3 Å². The van der Waals surface area contributed by atoms with E-state index in [4.69, 9.17) is 0 Å². The van der Waals surface area contributed by atoms with Crippen molar-refractivity contribution >= 4 is 34.7 Å². The van der Waals surface area contributed by atoms with Crippen LogP contribution in [0.4, 0.5) is 5.69 Å². The van der Waals surface area contributed by atoms with Gasteiger partial charge in [-0.15, -0.1) is 11.3 Å². The van der Waals surface area contributed by atoms with Crippen LogP contribution in [-0.2, 0) is 4.79 Å². The molecule has 1 saturated heterocycles. The standard InChI is InChI=1S/C16H15N3O3S/c20-14-7-2-8-19(14)12-5-1-4-11(10-12)15(21)17-18-16(22)13-6-3-9-23-13/h1,3-6,9-10H,2,7-8H2,(H,17,21)(H,18,22). The molecule has 0 radical (unpaired) electrons. The van der Waals surface area contributed by atoms with Crippen LogP contribution in [0, 0.1) is 0 Å². The smallest absolute Gasteiger partial charge is 0.279 e. The summed E-state index contributed by atoms with van der Waals surface area (Å²) < 4.78 is 0. The fourth-order valence-corrected chi connectivity index (χ4v) is 3.01. The Morgan fingerprint density at radius 1 is 1.09 bits per heavy atom. The minimum atomic E-state index is -0.427. The minimum absolute atomic E-state index is 0.0635. The van der Waals surface area contributed by atoms with Crippen molar-refractivity contribution in [1.82, 2.24) is 10.9 Å². The van der Waals surface area contributed by atoms with Gasteiger partial charge in [0.2, 0.25) is 5.91 Å². The second kappa shape index (κ2) is 6.62. The molecule has 2 aromatic rings. The highest BCUT2D eigenvalue weighted by Crippen LogP contribution is 2.22. The zero-order chi connectivity index (χ0) is 16.2. The minimum Gasteiger partial charge on any atom is -0.312 e. The van der Waals surface area contributed by atoms with Gasteiger partial charge in [0.1, 0.15) is 0 Å². The van der Waals surface area contributed by atoms with Crippen molar-refractivity contribution < 1.29 is 14.4 Å². The van der Waals surface area contributed by atoms with Crippen molar-refractivity contribution in [3.8, 4) is 0 Å². The maximum Gasteiger partial charge on any atom is 0.279 e. The average molecular weight is 329 g/mol. The lowest BCUT2D eigenvalue weighted by Crippen LogP contribution is -2.41. The van der Waals surface area contributed by atoms with Crippen LogP contribution >= 0.6 is 11.3 Å². The molecule has 1 aromatic heterocycles. The van der Waals surface area contributed by atoms with E-state index in [2.05, 4.69) is 10.9 Å². The second-order valence-corrected chi connectivity index (χ2v) is 6.03. The first-order valence-corrected chi connectivity index (χ1v) is 8.08. The summed E-state index contributed by atoms with van der Waals surface area (Å²) in [6.07, 6.45) is 1.36. The number of hydrogen-bond acceptors (Lipinski definition) is 4. The highest BCUT2D eigenvalue weighted by atomic mass is 32.1. The number of amides is 3. The second-order valence-electron chi connectivity index (χ2n) is 5.08. The molecule has 3 rings (SSSR count). The number of nitrogens with zero attached hydrogens (tertiary/aromatic N) is 1. The predicted octanol–water partition coefficient (Wildman–Crippen LogP) is 1.95. The van der Waals surface area contributed by atoms with Gasteiger partial charge in [-0.3, -0.25) is 25.2 Å². The van der Waals surface area contributed by atoms with Gasteiger partial charge in [0.15, 0.2) is 0 Å². The van der Waals surface area contributed by atoms with E-state index in [0.717, 1.165) is 6.42 Å². The first-order valence-electron chi connectivity index (χ1n) is 7.20. The summed E-state index contributed by atoms with van der Waals surface area (Å²) in [4.78, 5) is 37.9. The zero-order valence-electron chi connectivity index (χ0n) is 12.2. The molecular weight excluding hydrogens is 314 g/mol. The molecule has 1 aliphatic heterocycles. The lowest BCUT2D eigenvalue weighted by atomic mass is 10.2. The summed E-state index contributed by atoms with van der Waals surface area (Å²) in [6.45, 7) is 0.666. The molecule has 1 fully saturated rings. The van der Waals surface area contributed by atoms with E-state index in [1.165, 1.54) is 11.3 Å². The average Bonchev–Trinajstić information content (AvgIpc) is 3.24. The molecule has 0 atom stereocenters. The molecule has 1 aliphatic rings. The van der Waals surface area contributed by atoms with Gasteiger partial charge in [-0.25, -0.2) is 0 Å². The van der Waals surface area contributed by atoms with Crippen molar-refractivity contribution in [2.45, 2.75) is 12.8 Å². The van der Waals surface area contributed by atoms with Gasteiger partial charge in [-0.05, 0) is 36.1 Å². The molecule has 2 heterocycles. The summed E-state index contributed by atoms with van der Waals surface area (Å²) in [5, 5.41) is 1.78. The number of carbonyl (C=O) groups is 3. The molecule has 0 saturated carbocycles. The number of rotatable bonds is 3. The first-order chi connectivity index (χ1) is 11.1. The van der Waals surface area contributed by atoms with Gasteiger partial charge in [-0.2, -0.15) is 0 Å². The van der Waals surface area contributed by atoms with Crippen molar-refractivity contribution in [2.75, 3.05) is 11.4 Å². The molecule has 6 nitrogen and oxygen atoms in total. The number of anilines is 1. The SMILES string of the molecule is O=C(NNC(=O)c1cccs1)c1cccc(N2CCCC2=O)c1. The van der Waals surface area contributed by atoms with Gasteiger partial charge >= 0.3 is 0 Å². The molecular formula is C16H15N3O3S. The van der Waals surface area contributed by atoms with Gasteiger partial charge in [0.25, 0.3) is 11.8 Å². The molecule has 0 bridgehead atoms. The topological polar surface area (TPSA) is 78.5 Å². The monoisotopic (exact) mass is 329 g/mol. The van der Waals surface area contributed by atoms with Crippen molar-refractivity contribution in [3.63, 3.8) is 0 Å². The van der Waals surface area contributed by atoms with Crippen LogP contribution in [0.5, 0.6) is 0 Å². The summed E-state index contributed by atoms with van der Waals surface area (Å²) in [5.41, 5.74) is 5.84. The highest BCUT2D eigenvalue weighted by Gasteiger charge is 2.22. The Labute approximate surface area is 137 Å². The largest absolute Gasteiger partial charge is 0.312 e.